The molecule has 0 amide bonds. The van der Waals surface area contributed by atoms with Crippen LogP contribution in [0.2, 0.25) is 0 Å². The van der Waals surface area contributed by atoms with Crippen LogP contribution in [0.25, 0.3) is 0 Å². The van der Waals surface area contributed by atoms with E-state index >= 15 is 0 Å². The van der Waals surface area contributed by atoms with E-state index in [0.29, 0.717) is 17.2 Å². The lowest BCUT2D eigenvalue weighted by atomic mass is 9.98. The Balaban J connectivity index is 2.18. The van der Waals surface area contributed by atoms with Gasteiger partial charge in [0.2, 0.25) is 0 Å². The molecule has 1 fully saturated rings. The summed E-state index contributed by atoms with van der Waals surface area (Å²) in [4.78, 5) is 17.3. The van der Waals surface area contributed by atoms with Crippen LogP contribution in [0, 0.1) is 5.92 Å². The Bertz CT molecular complexity index is 420. The highest BCUT2D eigenvalue weighted by molar-refractivity contribution is 5.94. The lowest BCUT2D eigenvalue weighted by molar-refractivity contribution is 0.0697. The second kappa shape index (κ2) is 5.82. The van der Waals surface area contributed by atoms with Gasteiger partial charge in [0.15, 0.2) is 0 Å². The van der Waals surface area contributed by atoms with Gasteiger partial charge in [-0.15, -0.1) is 0 Å². The molecule has 1 aromatic heterocycles. The Morgan fingerprint density at radius 2 is 2.50 bits per heavy atom. The normalized spacial score (nSPS) is 19.8. The molecule has 1 saturated heterocycles. The van der Waals surface area contributed by atoms with E-state index in [2.05, 4.69) is 9.88 Å². The summed E-state index contributed by atoms with van der Waals surface area (Å²) < 4.78 is 5.18. The van der Waals surface area contributed by atoms with Crippen LogP contribution in [0.4, 0.5) is 5.69 Å². The van der Waals surface area contributed by atoms with E-state index in [-0.39, 0.29) is 0 Å². The quantitative estimate of drug-likeness (QED) is 0.880. The molecular weight excluding hydrogens is 232 g/mol. The van der Waals surface area contributed by atoms with Gasteiger partial charge in [-0.1, -0.05) is 0 Å². The van der Waals surface area contributed by atoms with Gasteiger partial charge in [0.05, 0.1) is 24.1 Å². The van der Waals surface area contributed by atoms with Crippen molar-refractivity contribution in [3.8, 4) is 0 Å². The standard InChI is InChI=1S/C13H18N2O3/c1-18-9-10-3-2-6-15(8-10)12-7-14-5-4-11(12)13(16)17/h4-5,7,10H,2-3,6,8-9H2,1H3,(H,16,17). The zero-order valence-corrected chi connectivity index (χ0v) is 10.5. The number of hydrogen-bond acceptors (Lipinski definition) is 4. The molecular formula is C13H18N2O3. The number of aromatic carboxylic acids is 1. The van der Waals surface area contributed by atoms with Gasteiger partial charge in [-0.2, -0.15) is 0 Å². The number of carboxylic acid groups (broad SMARTS) is 1. The van der Waals surface area contributed by atoms with Crippen molar-refractivity contribution in [1.29, 1.82) is 0 Å². The average Bonchev–Trinajstić information content (AvgIpc) is 2.39. The number of hydrogen-bond donors (Lipinski definition) is 1. The molecule has 1 N–H and O–H groups in total. The van der Waals surface area contributed by atoms with E-state index in [1.807, 2.05) is 0 Å². The third-order valence-electron chi connectivity index (χ3n) is 3.29. The Hall–Kier alpha value is -1.62. The first-order valence-electron chi connectivity index (χ1n) is 6.13. The number of carboxylic acids is 1. The summed E-state index contributed by atoms with van der Waals surface area (Å²) in [5, 5.41) is 9.19. The van der Waals surface area contributed by atoms with Crippen LogP contribution in [-0.2, 0) is 4.74 Å². The van der Waals surface area contributed by atoms with E-state index < -0.39 is 5.97 Å². The van der Waals surface area contributed by atoms with E-state index in [9.17, 15) is 9.90 Å². The molecule has 0 radical (unpaired) electrons. The number of methoxy groups -OCH3 is 1. The average molecular weight is 250 g/mol. The van der Waals surface area contributed by atoms with Gasteiger partial charge in [0.25, 0.3) is 0 Å². The molecule has 0 aliphatic carbocycles. The zero-order valence-electron chi connectivity index (χ0n) is 10.5. The zero-order chi connectivity index (χ0) is 13.0. The van der Waals surface area contributed by atoms with Crippen molar-refractivity contribution in [3.05, 3.63) is 24.0 Å². The smallest absolute Gasteiger partial charge is 0.337 e. The van der Waals surface area contributed by atoms with Crippen LogP contribution in [-0.4, -0.2) is 42.9 Å². The van der Waals surface area contributed by atoms with Gasteiger partial charge in [0, 0.05) is 26.4 Å². The van der Waals surface area contributed by atoms with Gasteiger partial charge < -0.3 is 14.7 Å². The maximum Gasteiger partial charge on any atom is 0.337 e. The number of piperidine rings is 1. The summed E-state index contributed by atoms with van der Waals surface area (Å²) in [6, 6.07) is 1.55. The fourth-order valence-electron chi connectivity index (χ4n) is 2.47. The van der Waals surface area contributed by atoms with Gasteiger partial charge in [-0.05, 0) is 24.8 Å². The van der Waals surface area contributed by atoms with E-state index in [4.69, 9.17) is 4.74 Å². The van der Waals surface area contributed by atoms with Gasteiger partial charge in [-0.3, -0.25) is 4.98 Å². The predicted molar refractivity (Wildman–Crippen MR) is 68.0 cm³/mol. The number of nitrogens with zero attached hydrogens (tertiary/aromatic N) is 2. The first-order chi connectivity index (χ1) is 8.72. The molecule has 0 bridgehead atoms. The number of aromatic nitrogens is 1. The van der Waals surface area contributed by atoms with Crippen molar-refractivity contribution < 1.29 is 14.6 Å². The molecule has 1 unspecified atom stereocenters. The molecule has 5 nitrogen and oxygen atoms in total. The molecule has 2 heterocycles. The lowest BCUT2D eigenvalue weighted by Crippen LogP contribution is -2.38. The van der Waals surface area contributed by atoms with Crippen LogP contribution in [0.1, 0.15) is 23.2 Å². The summed E-state index contributed by atoms with van der Waals surface area (Å²) in [6.07, 6.45) is 5.34. The molecule has 18 heavy (non-hydrogen) atoms. The van der Waals surface area contributed by atoms with Gasteiger partial charge in [-0.25, -0.2) is 4.79 Å². The van der Waals surface area contributed by atoms with Crippen molar-refractivity contribution in [1.82, 2.24) is 4.98 Å². The van der Waals surface area contributed by atoms with Crippen LogP contribution >= 0.6 is 0 Å². The largest absolute Gasteiger partial charge is 0.478 e. The maximum absolute atomic E-state index is 11.2. The monoisotopic (exact) mass is 250 g/mol. The van der Waals surface area contributed by atoms with E-state index in [1.165, 1.54) is 6.20 Å². The first-order valence-corrected chi connectivity index (χ1v) is 6.13. The fourth-order valence-corrected chi connectivity index (χ4v) is 2.47. The molecule has 1 atom stereocenters. The van der Waals surface area contributed by atoms with Crippen LogP contribution < -0.4 is 4.90 Å². The Morgan fingerprint density at radius 3 is 3.22 bits per heavy atom. The highest BCUT2D eigenvalue weighted by Crippen LogP contribution is 2.25. The third kappa shape index (κ3) is 2.79. The molecule has 98 valence electrons. The topological polar surface area (TPSA) is 62.7 Å². The molecule has 0 saturated carbocycles. The molecule has 1 aliphatic heterocycles. The Labute approximate surface area is 106 Å². The van der Waals surface area contributed by atoms with Crippen molar-refractivity contribution in [2.75, 3.05) is 31.7 Å². The van der Waals surface area contributed by atoms with E-state index in [1.54, 1.807) is 19.4 Å². The van der Waals surface area contributed by atoms with Crippen LogP contribution in [0.15, 0.2) is 18.5 Å². The van der Waals surface area contributed by atoms with Crippen molar-refractivity contribution in [2.45, 2.75) is 12.8 Å². The van der Waals surface area contributed by atoms with Crippen molar-refractivity contribution >= 4 is 11.7 Å². The summed E-state index contributed by atoms with van der Waals surface area (Å²) in [5.74, 6) is -0.438. The number of carbonyl (C=O) groups is 1. The minimum absolute atomic E-state index is 0.322. The second-order valence-electron chi connectivity index (χ2n) is 4.61. The van der Waals surface area contributed by atoms with Crippen LogP contribution in [0.3, 0.4) is 0 Å². The Morgan fingerprint density at radius 1 is 1.67 bits per heavy atom. The maximum atomic E-state index is 11.2. The molecule has 1 aromatic rings. The summed E-state index contributed by atoms with van der Waals surface area (Å²) in [5.41, 5.74) is 1.04. The highest BCUT2D eigenvalue weighted by Gasteiger charge is 2.23. The van der Waals surface area contributed by atoms with Crippen molar-refractivity contribution in [3.63, 3.8) is 0 Å². The number of ether oxygens (including phenoxy) is 1. The molecule has 0 aromatic carbocycles. The van der Waals surface area contributed by atoms with Crippen molar-refractivity contribution in [2.24, 2.45) is 5.92 Å². The summed E-state index contributed by atoms with van der Waals surface area (Å²) >= 11 is 0. The Kier molecular flexibility index (Phi) is 4.15. The molecule has 0 spiro atoms. The number of rotatable bonds is 4. The summed E-state index contributed by atoms with van der Waals surface area (Å²) in [7, 11) is 1.70. The van der Waals surface area contributed by atoms with E-state index in [0.717, 1.165) is 32.5 Å². The predicted octanol–water partition coefficient (Wildman–Crippen LogP) is 1.64. The first kappa shape index (κ1) is 12.8. The minimum atomic E-state index is -0.902. The second-order valence-corrected chi connectivity index (χ2v) is 4.61. The number of pyridine rings is 1. The van der Waals surface area contributed by atoms with Gasteiger partial charge in [0.1, 0.15) is 0 Å². The summed E-state index contributed by atoms with van der Waals surface area (Å²) in [6.45, 7) is 2.44. The third-order valence-corrected chi connectivity index (χ3v) is 3.29. The fraction of sp³-hybridized carbons (Fsp3) is 0.538. The number of anilines is 1. The van der Waals surface area contributed by atoms with Crippen LogP contribution in [0.5, 0.6) is 0 Å². The lowest BCUT2D eigenvalue weighted by Gasteiger charge is -2.34. The minimum Gasteiger partial charge on any atom is -0.478 e. The molecule has 1 aliphatic rings. The molecule has 5 heteroatoms. The molecule has 2 rings (SSSR count). The SMILES string of the molecule is COCC1CCCN(c2cnccc2C(=O)O)C1. The highest BCUT2D eigenvalue weighted by atomic mass is 16.5. The van der Waals surface area contributed by atoms with Gasteiger partial charge >= 0.3 is 5.97 Å².